The van der Waals surface area contributed by atoms with Crippen LogP contribution in [0.4, 0.5) is 11.4 Å². The van der Waals surface area contributed by atoms with Crippen molar-refractivity contribution in [2.24, 2.45) is 0 Å². The minimum atomic E-state index is -0.469. The molecule has 0 radical (unpaired) electrons. The summed E-state index contributed by atoms with van der Waals surface area (Å²) in [5, 5.41) is 0.411. The predicted octanol–water partition coefficient (Wildman–Crippen LogP) is 1.79. The Balaban J connectivity index is 3.18. The van der Waals surface area contributed by atoms with Crippen LogP contribution in [-0.4, -0.2) is 40.4 Å². The first-order valence-electron chi connectivity index (χ1n) is 5.38. The van der Waals surface area contributed by atoms with Gasteiger partial charge in [-0.25, -0.2) is 4.79 Å². The van der Waals surface area contributed by atoms with Gasteiger partial charge in [-0.05, 0) is 12.1 Å². The summed E-state index contributed by atoms with van der Waals surface area (Å²) in [6.45, 7) is 1.13. The van der Waals surface area contributed by atoms with Crippen molar-refractivity contribution < 1.29 is 14.3 Å². The molecule has 0 aromatic heterocycles. The molecule has 0 spiro atoms. The zero-order valence-electron chi connectivity index (χ0n) is 10.7. The van der Waals surface area contributed by atoms with Gasteiger partial charge >= 0.3 is 5.97 Å². The summed E-state index contributed by atoms with van der Waals surface area (Å²) in [5.74, 6) is -0.469. The molecule has 0 amide bonds. The molecule has 100 valence electrons. The highest BCUT2D eigenvalue weighted by Gasteiger charge is 2.19. The van der Waals surface area contributed by atoms with Crippen molar-refractivity contribution in [1.82, 2.24) is 0 Å². The fraction of sp³-hybridized carbons (Fsp3) is 0.417. The van der Waals surface area contributed by atoms with E-state index in [-0.39, 0.29) is 0 Å². The Morgan fingerprint density at radius 1 is 1.44 bits per heavy atom. The third kappa shape index (κ3) is 3.27. The number of nitrogen functional groups attached to an aromatic ring is 1. The quantitative estimate of drug-likeness (QED) is 0.654. The summed E-state index contributed by atoms with van der Waals surface area (Å²) in [7, 11) is 4.75. The topological polar surface area (TPSA) is 64.8 Å². The molecule has 5 nitrogen and oxygen atoms in total. The lowest BCUT2D eigenvalue weighted by molar-refractivity contribution is 0.0601. The van der Waals surface area contributed by atoms with Gasteiger partial charge in [-0.1, -0.05) is 11.6 Å². The van der Waals surface area contributed by atoms with Crippen LogP contribution in [0, 0.1) is 0 Å². The van der Waals surface area contributed by atoms with Crippen molar-refractivity contribution in [3.63, 3.8) is 0 Å². The second-order valence-corrected chi connectivity index (χ2v) is 4.21. The van der Waals surface area contributed by atoms with E-state index in [1.165, 1.54) is 7.11 Å². The minimum absolute atomic E-state index is 0.348. The number of carbonyl (C=O) groups is 1. The van der Waals surface area contributed by atoms with Crippen LogP contribution < -0.4 is 10.6 Å². The summed E-state index contributed by atoms with van der Waals surface area (Å²) in [4.78, 5) is 13.6. The lowest BCUT2D eigenvalue weighted by Crippen LogP contribution is -2.25. The van der Waals surface area contributed by atoms with Crippen LogP contribution in [0.3, 0.4) is 0 Å². The number of hydrogen-bond donors (Lipinski definition) is 1. The number of benzene rings is 1. The van der Waals surface area contributed by atoms with E-state index >= 15 is 0 Å². The maximum atomic E-state index is 11.7. The van der Waals surface area contributed by atoms with Crippen LogP contribution in [0.15, 0.2) is 12.1 Å². The van der Waals surface area contributed by atoms with Gasteiger partial charge in [-0.2, -0.15) is 0 Å². The van der Waals surface area contributed by atoms with E-state index in [9.17, 15) is 4.79 Å². The largest absolute Gasteiger partial charge is 0.465 e. The monoisotopic (exact) mass is 272 g/mol. The number of halogens is 1. The van der Waals surface area contributed by atoms with E-state index in [1.54, 1.807) is 19.2 Å². The van der Waals surface area contributed by atoms with Crippen molar-refractivity contribution >= 4 is 28.9 Å². The molecule has 0 saturated carbocycles. The zero-order valence-corrected chi connectivity index (χ0v) is 11.5. The number of nitrogens with zero attached hydrogens (tertiary/aromatic N) is 1. The Bertz CT molecular complexity index is 438. The third-order valence-corrected chi connectivity index (χ3v) is 2.79. The van der Waals surface area contributed by atoms with Gasteiger partial charge in [0.05, 0.1) is 30.0 Å². The molecule has 6 heteroatoms. The molecule has 0 unspecified atom stereocenters. The number of esters is 1. The van der Waals surface area contributed by atoms with Crippen molar-refractivity contribution in [1.29, 1.82) is 0 Å². The molecule has 0 aliphatic carbocycles. The van der Waals surface area contributed by atoms with Crippen LogP contribution >= 0.6 is 11.6 Å². The van der Waals surface area contributed by atoms with E-state index in [0.717, 1.165) is 0 Å². The van der Waals surface area contributed by atoms with Gasteiger partial charge in [0.1, 0.15) is 0 Å². The molecule has 1 aromatic rings. The maximum absolute atomic E-state index is 11.7. The molecule has 1 rings (SSSR count). The second kappa shape index (κ2) is 6.47. The first-order valence-corrected chi connectivity index (χ1v) is 5.76. The Morgan fingerprint density at radius 3 is 2.67 bits per heavy atom. The normalized spacial score (nSPS) is 10.2. The van der Waals surface area contributed by atoms with Crippen LogP contribution in [0.1, 0.15) is 10.4 Å². The molecule has 1 aromatic carbocycles. The first kappa shape index (κ1) is 14.6. The molecule has 0 bridgehead atoms. The van der Waals surface area contributed by atoms with E-state index in [0.29, 0.717) is 35.1 Å². The van der Waals surface area contributed by atoms with Crippen LogP contribution in [0.2, 0.25) is 5.02 Å². The second-order valence-electron chi connectivity index (χ2n) is 3.80. The molecule has 0 heterocycles. The maximum Gasteiger partial charge on any atom is 0.340 e. The average molecular weight is 273 g/mol. The van der Waals surface area contributed by atoms with Crippen LogP contribution in [-0.2, 0) is 9.47 Å². The first-order chi connectivity index (χ1) is 8.51. The van der Waals surface area contributed by atoms with Gasteiger partial charge in [0.15, 0.2) is 0 Å². The summed E-state index contributed by atoms with van der Waals surface area (Å²) in [5.41, 5.74) is 7.05. The lowest BCUT2D eigenvalue weighted by Gasteiger charge is -2.23. The Kier molecular flexibility index (Phi) is 5.25. The smallest absolute Gasteiger partial charge is 0.340 e. The SMILES string of the molecule is COCCN(C)c1c(Cl)cc(N)cc1C(=O)OC. The Morgan fingerprint density at radius 2 is 2.11 bits per heavy atom. The third-order valence-electron chi connectivity index (χ3n) is 2.50. The molecule has 0 aliphatic heterocycles. The number of likely N-dealkylation sites (N-methyl/N-ethyl adjacent to an activating group) is 1. The number of carbonyl (C=O) groups excluding carboxylic acids is 1. The Hall–Kier alpha value is -1.46. The molecule has 18 heavy (non-hydrogen) atoms. The highest BCUT2D eigenvalue weighted by molar-refractivity contribution is 6.34. The van der Waals surface area contributed by atoms with E-state index in [4.69, 9.17) is 26.8 Å². The number of hydrogen-bond acceptors (Lipinski definition) is 5. The highest BCUT2D eigenvalue weighted by atomic mass is 35.5. The van der Waals surface area contributed by atoms with Crippen LogP contribution in [0.25, 0.3) is 0 Å². The number of ether oxygens (including phenoxy) is 2. The molecule has 0 aliphatic rings. The average Bonchev–Trinajstić information content (AvgIpc) is 2.33. The number of methoxy groups -OCH3 is 2. The van der Waals surface area contributed by atoms with Crippen molar-refractivity contribution in [3.8, 4) is 0 Å². The van der Waals surface area contributed by atoms with E-state index in [1.807, 2.05) is 11.9 Å². The summed E-state index contributed by atoms with van der Waals surface area (Å²) >= 11 is 6.14. The van der Waals surface area contributed by atoms with E-state index < -0.39 is 5.97 Å². The molecule has 2 N–H and O–H groups in total. The summed E-state index contributed by atoms with van der Waals surface area (Å²) in [6, 6.07) is 3.16. The van der Waals surface area contributed by atoms with Gasteiger partial charge in [0.2, 0.25) is 0 Å². The van der Waals surface area contributed by atoms with Gasteiger partial charge < -0.3 is 20.1 Å². The Labute approximate surface area is 111 Å². The van der Waals surface area contributed by atoms with Crippen molar-refractivity contribution in [2.45, 2.75) is 0 Å². The van der Waals surface area contributed by atoms with E-state index in [2.05, 4.69) is 0 Å². The molecule has 0 saturated heterocycles. The standard InChI is InChI=1S/C12H17ClN2O3/c1-15(4-5-17-2)11-9(12(16)18-3)6-8(14)7-10(11)13/h6-7H,4-5,14H2,1-3H3. The number of rotatable bonds is 5. The van der Waals surface area contributed by atoms with Gasteiger partial charge in [-0.3, -0.25) is 0 Å². The highest BCUT2D eigenvalue weighted by Crippen LogP contribution is 2.32. The lowest BCUT2D eigenvalue weighted by atomic mass is 10.1. The zero-order chi connectivity index (χ0) is 13.7. The molecular formula is C12H17ClN2O3. The van der Waals surface area contributed by atoms with Crippen molar-refractivity contribution in [3.05, 3.63) is 22.7 Å². The fourth-order valence-electron chi connectivity index (χ4n) is 1.61. The summed E-state index contributed by atoms with van der Waals surface area (Å²) < 4.78 is 9.73. The summed E-state index contributed by atoms with van der Waals surface area (Å²) in [6.07, 6.45) is 0. The fourth-order valence-corrected chi connectivity index (χ4v) is 1.99. The number of nitrogens with two attached hydrogens (primary N) is 1. The van der Waals surface area contributed by atoms with Crippen molar-refractivity contribution in [2.75, 3.05) is 45.1 Å². The molecular weight excluding hydrogens is 256 g/mol. The molecule has 0 fully saturated rings. The molecule has 0 atom stereocenters. The van der Waals surface area contributed by atoms with Gasteiger partial charge in [0, 0.05) is 26.4 Å². The van der Waals surface area contributed by atoms with Gasteiger partial charge in [0.25, 0.3) is 0 Å². The van der Waals surface area contributed by atoms with Gasteiger partial charge in [-0.15, -0.1) is 0 Å². The van der Waals surface area contributed by atoms with Crippen LogP contribution in [0.5, 0.6) is 0 Å². The number of anilines is 2. The predicted molar refractivity (Wildman–Crippen MR) is 72.3 cm³/mol. The minimum Gasteiger partial charge on any atom is -0.465 e.